The van der Waals surface area contributed by atoms with E-state index < -0.39 is 5.60 Å². The van der Waals surface area contributed by atoms with Gasteiger partial charge in [-0.3, -0.25) is 0 Å². The van der Waals surface area contributed by atoms with E-state index in [-0.39, 0.29) is 11.6 Å². The Balaban J connectivity index is 2.53. The summed E-state index contributed by atoms with van der Waals surface area (Å²) in [5.41, 5.74) is 7.45. The molecule has 2 rings (SSSR count). The van der Waals surface area contributed by atoms with E-state index in [0.717, 1.165) is 15.6 Å². The molecule has 6 heteroatoms. The minimum absolute atomic E-state index is 0.286. The number of anilines is 1. The van der Waals surface area contributed by atoms with Crippen LogP contribution in [0.25, 0.3) is 11.1 Å². The summed E-state index contributed by atoms with van der Waals surface area (Å²) >= 11 is 3.46. The zero-order valence-corrected chi connectivity index (χ0v) is 16.6. The molecule has 2 aromatic rings. The molecule has 0 atom stereocenters. The molecule has 0 aliphatic heterocycles. The van der Waals surface area contributed by atoms with Gasteiger partial charge in [-0.15, -0.1) is 0 Å². The lowest BCUT2D eigenvalue weighted by Gasteiger charge is -2.24. The summed E-state index contributed by atoms with van der Waals surface area (Å²) in [4.78, 5) is 8.79. The van der Waals surface area contributed by atoms with Crippen molar-refractivity contribution >= 4 is 21.6 Å². The maximum atomic E-state index is 6.03. The van der Waals surface area contributed by atoms with Crippen molar-refractivity contribution in [1.29, 1.82) is 0 Å². The van der Waals surface area contributed by atoms with Gasteiger partial charge in [-0.25, -0.2) is 4.98 Å². The zero-order valence-electron chi connectivity index (χ0n) is 15.0. The largest absolute Gasteiger partial charge is 0.471 e. The Hall–Kier alpha value is -1.82. The van der Waals surface area contributed by atoms with E-state index in [1.54, 1.807) is 6.20 Å². The molecular weight excluding hydrogens is 370 g/mol. The van der Waals surface area contributed by atoms with E-state index in [4.69, 9.17) is 15.2 Å². The lowest BCUT2D eigenvalue weighted by Crippen LogP contribution is -2.26. The van der Waals surface area contributed by atoms with Crippen LogP contribution in [0.2, 0.25) is 0 Å². The Kier molecular flexibility index (Phi) is 5.08. The van der Waals surface area contributed by atoms with Gasteiger partial charge in [0.15, 0.2) is 0 Å². The van der Waals surface area contributed by atoms with Crippen molar-refractivity contribution < 1.29 is 9.47 Å². The van der Waals surface area contributed by atoms with Crippen molar-refractivity contribution in [3.05, 3.63) is 28.9 Å². The molecule has 1 aromatic carbocycles. The molecule has 0 aliphatic rings. The Morgan fingerprint density at radius 1 is 0.958 bits per heavy atom. The number of ether oxygens (including phenoxy) is 2. The van der Waals surface area contributed by atoms with Crippen LogP contribution in [0, 0.1) is 0 Å². The second kappa shape index (κ2) is 6.59. The molecule has 0 radical (unpaired) electrons. The van der Waals surface area contributed by atoms with Crippen LogP contribution in [-0.4, -0.2) is 21.2 Å². The highest BCUT2D eigenvalue weighted by Crippen LogP contribution is 2.34. The van der Waals surface area contributed by atoms with Crippen LogP contribution < -0.4 is 15.2 Å². The molecule has 24 heavy (non-hydrogen) atoms. The molecule has 2 N–H and O–H groups in total. The molecule has 0 spiro atoms. The lowest BCUT2D eigenvalue weighted by molar-refractivity contribution is 0.103. The third-order valence-electron chi connectivity index (χ3n) is 2.76. The number of hydrogen-bond acceptors (Lipinski definition) is 5. The molecule has 130 valence electrons. The Morgan fingerprint density at radius 2 is 1.58 bits per heavy atom. The van der Waals surface area contributed by atoms with Gasteiger partial charge in [0.25, 0.3) is 0 Å². The highest BCUT2D eigenvalue weighted by atomic mass is 79.9. The van der Waals surface area contributed by atoms with Crippen molar-refractivity contribution in [3.63, 3.8) is 0 Å². The summed E-state index contributed by atoms with van der Waals surface area (Å²) in [5, 5.41) is 0. The average molecular weight is 394 g/mol. The molecule has 0 bridgehead atoms. The number of benzene rings is 1. The Bertz CT molecular complexity index is 714. The van der Waals surface area contributed by atoms with Crippen LogP contribution in [0.5, 0.6) is 11.9 Å². The summed E-state index contributed by atoms with van der Waals surface area (Å²) in [6.45, 7) is 11.8. The van der Waals surface area contributed by atoms with E-state index >= 15 is 0 Å². The Morgan fingerprint density at radius 3 is 2.12 bits per heavy atom. The molecule has 0 saturated carbocycles. The number of nitrogens with zero attached hydrogens (tertiary/aromatic N) is 2. The van der Waals surface area contributed by atoms with E-state index in [1.807, 2.05) is 59.7 Å². The monoisotopic (exact) mass is 393 g/mol. The first-order valence-corrected chi connectivity index (χ1v) is 8.54. The molecule has 1 heterocycles. The average Bonchev–Trinajstić information content (AvgIpc) is 2.33. The van der Waals surface area contributed by atoms with Gasteiger partial charge in [0.05, 0.1) is 5.56 Å². The third kappa shape index (κ3) is 5.37. The third-order valence-corrected chi connectivity index (χ3v) is 3.22. The number of rotatable bonds is 3. The van der Waals surface area contributed by atoms with Gasteiger partial charge in [0.1, 0.15) is 11.2 Å². The molecule has 0 saturated heterocycles. The van der Waals surface area contributed by atoms with Gasteiger partial charge in [0, 0.05) is 16.4 Å². The predicted molar refractivity (Wildman–Crippen MR) is 100 cm³/mol. The first kappa shape index (κ1) is 18.5. The standard InChI is InChI=1S/C18H24BrN3O2/c1-17(2,3)23-15-14(11-7-12(19)9-13(20)8-11)10-21-16(22-15)24-18(4,5)6/h7-10H,20H2,1-6H3. The number of hydrogen-bond donors (Lipinski definition) is 1. The molecule has 0 amide bonds. The second-order valence-corrected chi connectivity index (χ2v) is 8.49. The van der Waals surface area contributed by atoms with Crippen LogP contribution in [-0.2, 0) is 0 Å². The lowest BCUT2D eigenvalue weighted by atomic mass is 10.1. The summed E-state index contributed by atoms with van der Waals surface area (Å²) in [7, 11) is 0. The number of halogens is 1. The summed E-state index contributed by atoms with van der Waals surface area (Å²) in [6.07, 6.45) is 1.70. The van der Waals surface area contributed by atoms with Crippen molar-refractivity contribution in [2.24, 2.45) is 0 Å². The van der Waals surface area contributed by atoms with Gasteiger partial charge in [0.2, 0.25) is 5.88 Å². The summed E-state index contributed by atoms with van der Waals surface area (Å²) < 4.78 is 12.7. The van der Waals surface area contributed by atoms with Crippen molar-refractivity contribution in [1.82, 2.24) is 9.97 Å². The number of nitrogens with two attached hydrogens (primary N) is 1. The highest BCUT2D eigenvalue weighted by Gasteiger charge is 2.21. The van der Waals surface area contributed by atoms with Crippen molar-refractivity contribution in [2.45, 2.75) is 52.7 Å². The van der Waals surface area contributed by atoms with Crippen LogP contribution in [0.4, 0.5) is 5.69 Å². The maximum Gasteiger partial charge on any atom is 0.320 e. The molecule has 0 unspecified atom stereocenters. The molecular formula is C18H24BrN3O2. The van der Waals surface area contributed by atoms with Gasteiger partial charge in [-0.05, 0) is 65.3 Å². The Labute approximate surface area is 151 Å². The van der Waals surface area contributed by atoms with E-state index in [1.165, 1.54) is 0 Å². The van der Waals surface area contributed by atoms with Gasteiger partial charge in [-0.1, -0.05) is 15.9 Å². The van der Waals surface area contributed by atoms with Crippen LogP contribution in [0.1, 0.15) is 41.5 Å². The number of aromatic nitrogens is 2. The fourth-order valence-electron chi connectivity index (χ4n) is 2.01. The first-order chi connectivity index (χ1) is 10.9. The summed E-state index contributed by atoms with van der Waals surface area (Å²) in [6, 6.07) is 5.94. The van der Waals surface area contributed by atoms with E-state index in [9.17, 15) is 0 Å². The molecule has 5 nitrogen and oxygen atoms in total. The van der Waals surface area contributed by atoms with Crippen molar-refractivity contribution in [2.75, 3.05) is 5.73 Å². The van der Waals surface area contributed by atoms with Gasteiger partial charge < -0.3 is 15.2 Å². The van der Waals surface area contributed by atoms with Crippen LogP contribution >= 0.6 is 15.9 Å². The highest BCUT2D eigenvalue weighted by molar-refractivity contribution is 9.10. The van der Waals surface area contributed by atoms with E-state index in [0.29, 0.717) is 11.6 Å². The SMILES string of the molecule is CC(C)(C)Oc1ncc(-c2cc(N)cc(Br)c2)c(OC(C)(C)C)n1. The predicted octanol–water partition coefficient (Wildman–Crippen LogP) is 4.84. The van der Waals surface area contributed by atoms with Gasteiger partial charge >= 0.3 is 6.01 Å². The molecule has 1 aromatic heterocycles. The molecule has 0 aliphatic carbocycles. The number of nitrogen functional groups attached to an aromatic ring is 1. The smallest absolute Gasteiger partial charge is 0.320 e. The normalized spacial score (nSPS) is 12.1. The van der Waals surface area contributed by atoms with Crippen LogP contribution in [0.3, 0.4) is 0 Å². The first-order valence-electron chi connectivity index (χ1n) is 7.74. The van der Waals surface area contributed by atoms with Crippen LogP contribution in [0.15, 0.2) is 28.9 Å². The maximum absolute atomic E-state index is 6.03. The second-order valence-electron chi connectivity index (χ2n) is 7.57. The van der Waals surface area contributed by atoms with Crippen molar-refractivity contribution in [3.8, 4) is 23.0 Å². The zero-order chi connectivity index (χ0) is 18.1. The van der Waals surface area contributed by atoms with Gasteiger partial charge in [-0.2, -0.15) is 4.98 Å². The summed E-state index contributed by atoms with van der Waals surface area (Å²) in [5.74, 6) is 0.467. The minimum atomic E-state index is -0.403. The fraction of sp³-hybridized carbons (Fsp3) is 0.444. The quantitative estimate of drug-likeness (QED) is 0.755. The van der Waals surface area contributed by atoms with E-state index in [2.05, 4.69) is 25.9 Å². The molecule has 0 fully saturated rings. The topological polar surface area (TPSA) is 70.3 Å². The minimum Gasteiger partial charge on any atom is -0.471 e. The fourth-order valence-corrected chi connectivity index (χ4v) is 2.52.